The lowest BCUT2D eigenvalue weighted by atomic mass is 10.0. The van der Waals surface area contributed by atoms with Gasteiger partial charge in [-0.05, 0) is 45.8 Å². The van der Waals surface area contributed by atoms with E-state index >= 15 is 0 Å². The van der Waals surface area contributed by atoms with Crippen LogP contribution in [0.25, 0.3) is 0 Å². The molecule has 19 heavy (non-hydrogen) atoms. The summed E-state index contributed by atoms with van der Waals surface area (Å²) in [6.45, 7) is 11.9. The Hall–Kier alpha value is -0.630. The van der Waals surface area contributed by atoms with Gasteiger partial charge in [-0.25, -0.2) is 0 Å². The van der Waals surface area contributed by atoms with Crippen molar-refractivity contribution in [3.8, 4) is 6.07 Å². The lowest BCUT2D eigenvalue weighted by molar-refractivity contribution is 0.198. The van der Waals surface area contributed by atoms with Gasteiger partial charge >= 0.3 is 0 Å². The van der Waals surface area contributed by atoms with Crippen LogP contribution in [0.4, 0.5) is 0 Å². The van der Waals surface area contributed by atoms with Crippen molar-refractivity contribution < 1.29 is 0 Å². The maximum Gasteiger partial charge on any atom is 0.116 e. The molecule has 1 saturated carbocycles. The number of nitriles is 1. The number of hydrogen-bond donors (Lipinski definition) is 1. The van der Waals surface area contributed by atoms with Crippen molar-refractivity contribution in [2.45, 2.75) is 57.7 Å². The Balaban J connectivity index is 1.84. The number of hydrogen-bond acceptors (Lipinski definition) is 4. The number of nitrogens with zero attached hydrogens (tertiary/aromatic N) is 3. The summed E-state index contributed by atoms with van der Waals surface area (Å²) in [7, 11) is 0. The largest absolute Gasteiger partial charge is 0.300 e. The van der Waals surface area contributed by atoms with Gasteiger partial charge in [-0.2, -0.15) is 5.26 Å². The predicted octanol–water partition coefficient (Wildman–Crippen LogP) is 1.44. The molecular formula is C15H28N4. The topological polar surface area (TPSA) is 42.3 Å². The van der Waals surface area contributed by atoms with Crippen LogP contribution in [0.5, 0.6) is 0 Å². The number of likely N-dealkylation sites (N-methyl/N-ethyl adjacent to an activating group) is 1. The lowest BCUT2D eigenvalue weighted by Gasteiger charge is -2.30. The second-order valence-corrected chi connectivity index (χ2v) is 6.26. The Bertz CT molecular complexity index is 330. The molecule has 0 radical (unpaired) electrons. The first kappa shape index (κ1) is 14.8. The molecule has 1 heterocycles. The molecular weight excluding hydrogens is 236 g/mol. The third-order valence-electron chi connectivity index (χ3n) is 4.46. The molecule has 0 aromatic carbocycles. The first-order valence-corrected chi connectivity index (χ1v) is 7.75. The molecule has 0 aromatic rings. The Labute approximate surface area is 117 Å². The molecule has 108 valence electrons. The van der Waals surface area contributed by atoms with Gasteiger partial charge in [0.2, 0.25) is 0 Å². The third-order valence-corrected chi connectivity index (χ3v) is 4.46. The normalized spacial score (nSPS) is 27.4. The molecule has 0 bridgehead atoms. The van der Waals surface area contributed by atoms with Gasteiger partial charge in [0.15, 0.2) is 0 Å². The van der Waals surface area contributed by atoms with Gasteiger partial charge in [-0.3, -0.25) is 15.1 Å². The Morgan fingerprint density at radius 3 is 2.53 bits per heavy atom. The summed E-state index contributed by atoms with van der Waals surface area (Å²) < 4.78 is 0. The molecule has 4 nitrogen and oxygen atoms in total. The molecule has 2 unspecified atom stereocenters. The van der Waals surface area contributed by atoms with Crippen LogP contribution < -0.4 is 5.32 Å². The highest BCUT2D eigenvalue weighted by Crippen LogP contribution is 2.24. The summed E-state index contributed by atoms with van der Waals surface area (Å²) >= 11 is 0. The molecule has 1 aliphatic carbocycles. The van der Waals surface area contributed by atoms with E-state index in [2.05, 4.69) is 42.0 Å². The second kappa shape index (κ2) is 6.21. The van der Waals surface area contributed by atoms with Crippen LogP contribution in [0.3, 0.4) is 0 Å². The van der Waals surface area contributed by atoms with E-state index in [1.807, 2.05) is 0 Å². The van der Waals surface area contributed by atoms with Crippen molar-refractivity contribution in [3.63, 3.8) is 0 Å². The van der Waals surface area contributed by atoms with E-state index in [0.717, 1.165) is 32.7 Å². The quantitative estimate of drug-likeness (QED) is 0.755. The Morgan fingerprint density at radius 2 is 2.00 bits per heavy atom. The van der Waals surface area contributed by atoms with E-state index in [0.29, 0.717) is 12.1 Å². The summed E-state index contributed by atoms with van der Waals surface area (Å²) in [4.78, 5) is 5.00. The molecule has 0 aromatic heterocycles. The number of likely N-dealkylation sites (tertiary alicyclic amines) is 1. The van der Waals surface area contributed by atoms with Crippen molar-refractivity contribution in [1.82, 2.24) is 15.1 Å². The SMILES string of the molecule is CCN(CC)C1CCN(CC(C)(C#N)NC2CC2)C1. The second-order valence-electron chi connectivity index (χ2n) is 6.26. The van der Waals surface area contributed by atoms with Crippen molar-refractivity contribution >= 4 is 0 Å². The van der Waals surface area contributed by atoms with Gasteiger partial charge in [0.1, 0.15) is 5.54 Å². The Kier molecular flexibility index (Phi) is 4.83. The van der Waals surface area contributed by atoms with Gasteiger partial charge in [0.05, 0.1) is 6.07 Å². The summed E-state index contributed by atoms with van der Waals surface area (Å²) in [5, 5.41) is 12.9. The summed E-state index contributed by atoms with van der Waals surface area (Å²) in [5.74, 6) is 0. The molecule has 4 heteroatoms. The van der Waals surface area contributed by atoms with Crippen LogP contribution in [-0.2, 0) is 0 Å². The molecule has 2 rings (SSSR count). The minimum absolute atomic E-state index is 0.376. The molecule has 0 spiro atoms. The highest BCUT2D eigenvalue weighted by molar-refractivity contribution is 5.09. The highest BCUT2D eigenvalue weighted by atomic mass is 15.3. The summed E-state index contributed by atoms with van der Waals surface area (Å²) in [5.41, 5.74) is -0.376. The van der Waals surface area contributed by atoms with Crippen molar-refractivity contribution in [1.29, 1.82) is 5.26 Å². The molecule has 2 atom stereocenters. The van der Waals surface area contributed by atoms with Crippen molar-refractivity contribution in [2.75, 3.05) is 32.7 Å². The van der Waals surface area contributed by atoms with E-state index in [-0.39, 0.29) is 5.54 Å². The summed E-state index contributed by atoms with van der Waals surface area (Å²) in [6, 6.07) is 3.75. The highest BCUT2D eigenvalue weighted by Gasteiger charge is 2.36. The average molecular weight is 264 g/mol. The van der Waals surface area contributed by atoms with E-state index < -0.39 is 0 Å². The first-order valence-electron chi connectivity index (χ1n) is 7.75. The van der Waals surface area contributed by atoms with Crippen LogP contribution in [0, 0.1) is 11.3 Å². The minimum atomic E-state index is -0.376. The van der Waals surface area contributed by atoms with Gasteiger partial charge in [0, 0.05) is 25.2 Å². The maximum atomic E-state index is 9.44. The minimum Gasteiger partial charge on any atom is -0.300 e. The Morgan fingerprint density at radius 1 is 1.32 bits per heavy atom. The van der Waals surface area contributed by atoms with Gasteiger partial charge in [-0.15, -0.1) is 0 Å². The average Bonchev–Trinajstić information content (AvgIpc) is 3.09. The molecule has 2 fully saturated rings. The molecule has 1 saturated heterocycles. The van der Waals surface area contributed by atoms with E-state index in [9.17, 15) is 5.26 Å². The number of nitrogens with one attached hydrogen (secondary N) is 1. The lowest BCUT2D eigenvalue weighted by Crippen LogP contribution is -2.51. The zero-order valence-electron chi connectivity index (χ0n) is 12.7. The fourth-order valence-electron chi connectivity index (χ4n) is 3.23. The van der Waals surface area contributed by atoms with Gasteiger partial charge < -0.3 is 0 Å². The van der Waals surface area contributed by atoms with Gasteiger partial charge in [0.25, 0.3) is 0 Å². The predicted molar refractivity (Wildman–Crippen MR) is 77.9 cm³/mol. The van der Waals surface area contributed by atoms with E-state index in [1.165, 1.54) is 19.3 Å². The smallest absolute Gasteiger partial charge is 0.116 e. The monoisotopic (exact) mass is 264 g/mol. The zero-order valence-corrected chi connectivity index (χ0v) is 12.7. The zero-order chi connectivity index (χ0) is 13.9. The van der Waals surface area contributed by atoms with Crippen molar-refractivity contribution in [3.05, 3.63) is 0 Å². The molecule has 0 amide bonds. The molecule has 1 aliphatic heterocycles. The maximum absolute atomic E-state index is 9.44. The van der Waals surface area contributed by atoms with E-state index in [1.54, 1.807) is 0 Å². The van der Waals surface area contributed by atoms with Gasteiger partial charge in [-0.1, -0.05) is 13.8 Å². The van der Waals surface area contributed by atoms with Crippen LogP contribution in [-0.4, -0.2) is 60.1 Å². The first-order chi connectivity index (χ1) is 9.10. The molecule has 2 aliphatic rings. The fraction of sp³-hybridized carbons (Fsp3) is 0.933. The van der Waals surface area contributed by atoms with Crippen LogP contribution in [0.2, 0.25) is 0 Å². The van der Waals surface area contributed by atoms with E-state index in [4.69, 9.17) is 0 Å². The number of rotatable bonds is 7. The fourth-order valence-corrected chi connectivity index (χ4v) is 3.23. The third kappa shape index (κ3) is 3.92. The van der Waals surface area contributed by atoms with Crippen LogP contribution in [0.15, 0.2) is 0 Å². The summed E-state index contributed by atoms with van der Waals surface area (Å²) in [6.07, 6.45) is 3.71. The molecule has 1 N–H and O–H groups in total. The van der Waals surface area contributed by atoms with Crippen LogP contribution in [0.1, 0.15) is 40.0 Å². The standard InChI is InChI=1S/C15H28N4/c1-4-19(5-2)14-8-9-18(10-14)12-15(3,11-16)17-13-6-7-13/h13-14,17H,4-10,12H2,1-3H3. The van der Waals surface area contributed by atoms with Crippen LogP contribution >= 0.6 is 0 Å². The van der Waals surface area contributed by atoms with Crippen molar-refractivity contribution in [2.24, 2.45) is 0 Å².